The zero-order chi connectivity index (χ0) is 15.6. The third-order valence-corrected chi connectivity index (χ3v) is 3.63. The fourth-order valence-corrected chi connectivity index (χ4v) is 2.25. The first kappa shape index (κ1) is 15.3. The molecule has 0 saturated carbocycles. The summed E-state index contributed by atoms with van der Waals surface area (Å²) in [5.74, 6) is 0.498. The molecule has 112 valence electrons. The first-order chi connectivity index (χ1) is 9.90. The van der Waals surface area contributed by atoms with Gasteiger partial charge in [-0.3, -0.25) is 14.2 Å². The molecule has 1 aromatic carbocycles. The molecule has 0 atom stereocenters. The van der Waals surface area contributed by atoms with Gasteiger partial charge < -0.3 is 4.57 Å². The topological polar surface area (TPSA) is 44.0 Å². The number of hydrogen-bond acceptors (Lipinski definition) is 2. The molecule has 2 rings (SSSR count). The number of hydrogen-bond donors (Lipinski definition) is 0. The maximum atomic E-state index is 12.3. The van der Waals surface area contributed by atoms with E-state index >= 15 is 0 Å². The molecule has 0 bridgehead atoms. The van der Waals surface area contributed by atoms with Crippen molar-refractivity contribution < 1.29 is 0 Å². The van der Waals surface area contributed by atoms with Crippen LogP contribution >= 0.6 is 0 Å². The average Bonchev–Trinajstić information content (AvgIpc) is 2.43. The van der Waals surface area contributed by atoms with E-state index in [2.05, 4.69) is 13.8 Å². The summed E-state index contributed by atoms with van der Waals surface area (Å²) in [4.78, 5) is 24.5. The summed E-state index contributed by atoms with van der Waals surface area (Å²) in [6, 6.07) is 5.88. The Morgan fingerprint density at radius 1 is 1.05 bits per heavy atom. The zero-order valence-electron chi connectivity index (χ0n) is 13.1. The van der Waals surface area contributed by atoms with Crippen molar-refractivity contribution in [2.45, 2.75) is 40.7 Å². The minimum absolute atomic E-state index is 0.459. The third-order valence-electron chi connectivity index (χ3n) is 3.63. The van der Waals surface area contributed by atoms with E-state index in [1.165, 1.54) is 9.13 Å². The highest BCUT2D eigenvalue weighted by molar-refractivity contribution is 5.42. The molecule has 0 amide bonds. The Kier molecular flexibility index (Phi) is 4.46. The monoisotopic (exact) mass is 286 g/mol. The van der Waals surface area contributed by atoms with Crippen LogP contribution < -0.4 is 11.1 Å². The Morgan fingerprint density at radius 2 is 1.76 bits per heavy atom. The van der Waals surface area contributed by atoms with E-state index in [1.54, 1.807) is 12.4 Å². The lowest BCUT2D eigenvalue weighted by molar-refractivity contribution is 0.503. The lowest BCUT2D eigenvalue weighted by atomic mass is 10.1. The van der Waals surface area contributed by atoms with E-state index in [1.807, 2.05) is 32.0 Å². The molecular weight excluding hydrogens is 264 g/mol. The molecule has 0 radical (unpaired) electrons. The maximum Gasteiger partial charge on any atom is 0.320 e. The standard InChI is InChI=1S/C17H22N2O2/c1-12(2)7-8-18-9-10-19(17(21)16(18)20)15-11-13(3)5-6-14(15)4/h5-6,9-12H,7-8H2,1-4H3. The van der Waals surface area contributed by atoms with Crippen LogP contribution in [0.15, 0.2) is 40.2 Å². The molecule has 1 aromatic heterocycles. The van der Waals surface area contributed by atoms with E-state index in [0.717, 1.165) is 23.2 Å². The predicted molar refractivity (Wildman–Crippen MR) is 85.2 cm³/mol. The summed E-state index contributed by atoms with van der Waals surface area (Å²) in [5, 5.41) is 0. The fourth-order valence-electron chi connectivity index (χ4n) is 2.25. The van der Waals surface area contributed by atoms with E-state index in [4.69, 9.17) is 0 Å². The highest BCUT2D eigenvalue weighted by atomic mass is 16.2. The largest absolute Gasteiger partial charge is 0.320 e. The van der Waals surface area contributed by atoms with Crippen LogP contribution in [0.25, 0.3) is 5.69 Å². The van der Waals surface area contributed by atoms with Crippen LogP contribution in [0.2, 0.25) is 0 Å². The SMILES string of the molecule is Cc1ccc(C)c(-n2ccn(CCC(C)C)c(=O)c2=O)c1. The van der Waals surface area contributed by atoms with Crippen molar-refractivity contribution in [1.82, 2.24) is 9.13 Å². The Labute approximate surface area is 124 Å². The lowest BCUT2D eigenvalue weighted by Crippen LogP contribution is -2.40. The molecule has 4 heteroatoms. The molecule has 0 aliphatic rings. The van der Waals surface area contributed by atoms with Crippen LogP contribution in [-0.4, -0.2) is 9.13 Å². The molecule has 21 heavy (non-hydrogen) atoms. The van der Waals surface area contributed by atoms with Gasteiger partial charge in [-0.2, -0.15) is 0 Å². The molecule has 0 aliphatic carbocycles. The summed E-state index contributed by atoms with van der Waals surface area (Å²) < 4.78 is 2.94. The van der Waals surface area contributed by atoms with Gasteiger partial charge in [0.25, 0.3) is 0 Å². The molecule has 0 spiro atoms. The molecule has 4 nitrogen and oxygen atoms in total. The zero-order valence-corrected chi connectivity index (χ0v) is 13.1. The molecule has 2 aromatic rings. The summed E-state index contributed by atoms with van der Waals surface area (Å²) in [6.07, 6.45) is 4.27. The van der Waals surface area contributed by atoms with Crippen molar-refractivity contribution in [3.8, 4) is 5.69 Å². The molecule has 0 unspecified atom stereocenters. The maximum absolute atomic E-state index is 12.3. The summed E-state index contributed by atoms with van der Waals surface area (Å²) in [6.45, 7) is 8.69. The first-order valence-electron chi connectivity index (χ1n) is 7.30. The molecule has 0 aliphatic heterocycles. The Morgan fingerprint density at radius 3 is 2.43 bits per heavy atom. The summed E-state index contributed by atoms with van der Waals surface area (Å²) in [7, 11) is 0. The van der Waals surface area contributed by atoms with Crippen LogP contribution in [0.3, 0.4) is 0 Å². The van der Waals surface area contributed by atoms with Crippen molar-refractivity contribution in [2.75, 3.05) is 0 Å². The highest BCUT2D eigenvalue weighted by Gasteiger charge is 2.09. The average molecular weight is 286 g/mol. The number of benzene rings is 1. The van der Waals surface area contributed by atoms with Crippen LogP contribution in [0.5, 0.6) is 0 Å². The highest BCUT2D eigenvalue weighted by Crippen LogP contribution is 2.13. The van der Waals surface area contributed by atoms with Crippen LogP contribution in [0.4, 0.5) is 0 Å². The predicted octanol–water partition coefficient (Wildman–Crippen LogP) is 2.66. The fraction of sp³-hybridized carbons (Fsp3) is 0.412. The summed E-state index contributed by atoms with van der Waals surface area (Å²) in [5.41, 5.74) is 1.86. The summed E-state index contributed by atoms with van der Waals surface area (Å²) >= 11 is 0. The molecule has 0 fully saturated rings. The Hall–Kier alpha value is -2.10. The van der Waals surface area contributed by atoms with Gasteiger partial charge in [0.15, 0.2) is 0 Å². The Bertz CT molecular complexity index is 754. The number of rotatable bonds is 4. The van der Waals surface area contributed by atoms with E-state index in [-0.39, 0.29) is 0 Å². The van der Waals surface area contributed by atoms with Crippen molar-refractivity contribution in [3.63, 3.8) is 0 Å². The molecule has 1 heterocycles. The lowest BCUT2D eigenvalue weighted by Gasteiger charge is -2.12. The van der Waals surface area contributed by atoms with Gasteiger partial charge in [-0.25, -0.2) is 0 Å². The van der Waals surface area contributed by atoms with Gasteiger partial charge in [0.05, 0.1) is 5.69 Å². The molecular formula is C17H22N2O2. The minimum Gasteiger partial charge on any atom is -0.309 e. The quantitative estimate of drug-likeness (QED) is 0.811. The van der Waals surface area contributed by atoms with Crippen molar-refractivity contribution in [1.29, 1.82) is 0 Å². The van der Waals surface area contributed by atoms with E-state index < -0.39 is 11.1 Å². The second-order valence-electron chi connectivity index (χ2n) is 5.94. The second kappa shape index (κ2) is 6.12. The molecule has 0 N–H and O–H groups in total. The van der Waals surface area contributed by atoms with Gasteiger partial charge in [0, 0.05) is 18.9 Å². The number of aromatic nitrogens is 2. The number of nitrogens with zero attached hydrogens (tertiary/aromatic N) is 2. The smallest absolute Gasteiger partial charge is 0.309 e. The van der Waals surface area contributed by atoms with Gasteiger partial charge in [-0.1, -0.05) is 26.0 Å². The van der Waals surface area contributed by atoms with Gasteiger partial charge in [0.2, 0.25) is 0 Å². The number of aryl methyl sites for hydroxylation is 3. The van der Waals surface area contributed by atoms with Crippen molar-refractivity contribution >= 4 is 0 Å². The first-order valence-corrected chi connectivity index (χ1v) is 7.30. The second-order valence-corrected chi connectivity index (χ2v) is 5.94. The van der Waals surface area contributed by atoms with Crippen LogP contribution in [0.1, 0.15) is 31.4 Å². The van der Waals surface area contributed by atoms with E-state index in [0.29, 0.717) is 12.5 Å². The van der Waals surface area contributed by atoms with Gasteiger partial charge in [0.1, 0.15) is 0 Å². The Balaban J connectivity index is 2.48. The molecule has 0 saturated heterocycles. The normalized spacial score (nSPS) is 11.1. The van der Waals surface area contributed by atoms with Gasteiger partial charge in [-0.15, -0.1) is 0 Å². The van der Waals surface area contributed by atoms with Gasteiger partial charge in [-0.05, 0) is 43.4 Å². The van der Waals surface area contributed by atoms with E-state index in [9.17, 15) is 9.59 Å². The van der Waals surface area contributed by atoms with Gasteiger partial charge >= 0.3 is 11.1 Å². The van der Waals surface area contributed by atoms with Crippen LogP contribution in [-0.2, 0) is 6.54 Å². The third kappa shape index (κ3) is 3.32. The van der Waals surface area contributed by atoms with Crippen LogP contribution in [0, 0.1) is 19.8 Å². The minimum atomic E-state index is -0.491. The van der Waals surface area contributed by atoms with Crippen molar-refractivity contribution in [2.24, 2.45) is 5.92 Å². The van der Waals surface area contributed by atoms with Crippen molar-refractivity contribution in [3.05, 3.63) is 62.4 Å².